The smallest absolute Gasteiger partial charge is 0.410 e. The molecule has 38 heavy (non-hydrogen) atoms. The van der Waals surface area contributed by atoms with Crippen LogP contribution in [0, 0.1) is 0 Å². The predicted molar refractivity (Wildman–Crippen MR) is 143 cm³/mol. The first-order chi connectivity index (χ1) is 18.2. The van der Waals surface area contributed by atoms with Gasteiger partial charge >= 0.3 is 12.1 Å². The van der Waals surface area contributed by atoms with E-state index in [2.05, 4.69) is 10.0 Å². The minimum Gasteiger partial charge on any atom is -0.462 e. The van der Waals surface area contributed by atoms with Crippen LogP contribution in [0.3, 0.4) is 0 Å². The number of carbonyl (C=O) groups excluding carboxylic acids is 3. The number of para-hydroxylation sites is 1. The molecule has 12 heteroatoms. The highest BCUT2D eigenvalue weighted by Gasteiger charge is 2.32. The van der Waals surface area contributed by atoms with Crippen LogP contribution in [0.25, 0.3) is 0 Å². The molecule has 1 aliphatic rings. The summed E-state index contributed by atoms with van der Waals surface area (Å²) >= 11 is 1.17. The van der Waals surface area contributed by atoms with Gasteiger partial charge in [-0.05, 0) is 50.1 Å². The van der Waals surface area contributed by atoms with Crippen molar-refractivity contribution >= 4 is 50.0 Å². The summed E-state index contributed by atoms with van der Waals surface area (Å²) in [5, 5.41) is 3.04. The summed E-state index contributed by atoms with van der Waals surface area (Å²) in [5.74, 6) is -1.19. The van der Waals surface area contributed by atoms with Crippen molar-refractivity contribution in [3.63, 3.8) is 0 Å². The molecule has 0 fully saturated rings. The zero-order chi connectivity index (χ0) is 27.3. The molecular weight excluding hydrogens is 530 g/mol. The molecule has 0 aliphatic carbocycles. The zero-order valence-electron chi connectivity index (χ0n) is 20.9. The summed E-state index contributed by atoms with van der Waals surface area (Å²) in [6.45, 7) is 4.39. The number of sulfonamides is 1. The van der Waals surface area contributed by atoms with Crippen molar-refractivity contribution in [3.8, 4) is 0 Å². The van der Waals surface area contributed by atoms with Gasteiger partial charge in [0.25, 0.3) is 15.9 Å². The molecule has 3 aromatic rings. The fourth-order valence-electron chi connectivity index (χ4n) is 4.03. The fraction of sp³-hybridized carbons (Fsp3) is 0.269. The van der Waals surface area contributed by atoms with Gasteiger partial charge in [-0.25, -0.2) is 18.0 Å². The molecule has 4 rings (SSSR count). The van der Waals surface area contributed by atoms with Crippen LogP contribution in [-0.2, 0) is 32.5 Å². The molecule has 2 N–H and O–H groups in total. The minimum absolute atomic E-state index is 0.0527. The first-order valence-corrected chi connectivity index (χ1v) is 14.3. The number of ether oxygens (including phenoxy) is 2. The Morgan fingerprint density at radius 1 is 0.974 bits per heavy atom. The number of thiophene rings is 1. The van der Waals surface area contributed by atoms with E-state index in [1.165, 1.54) is 40.5 Å². The predicted octanol–water partition coefficient (Wildman–Crippen LogP) is 4.49. The number of amides is 2. The third-order valence-corrected chi connectivity index (χ3v) is 8.27. The molecule has 2 aromatic carbocycles. The normalized spacial score (nSPS) is 12.8. The van der Waals surface area contributed by atoms with E-state index >= 15 is 0 Å². The van der Waals surface area contributed by atoms with Crippen LogP contribution in [0.15, 0.2) is 59.5 Å². The molecule has 0 unspecified atom stereocenters. The molecule has 0 saturated carbocycles. The molecular formula is C26H27N3O7S2. The first kappa shape index (κ1) is 27.1. The Balaban J connectivity index is 1.64. The number of anilines is 2. The fourth-order valence-corrected chi connectivity index (χ4v) is 6.37. The van der Waals surface area contributed by atoms with Gasteiger partial charge in [0.05, 0.1) is 41.5 Å². The van der Waals surface area contributed by atoms with Gasteiger partial charge < -0.3 is 19.7 Å². The minimum atomic E-state index is -3.94. The van der Waals surface area contributed by atoms with Crippen LogP contribution in [0.5, 0.6) is 0 Å². The average Bonchev–Trinajstić information content (AvgIpc) is 3.26. The van der Waals surface area contributed by atoms with Crippen molar-refractivity contribution in [2.75, 3.05) is 29.8 Å². The second-order valence-electron chi connectivity index (χ2n) is 8.22. The number of hydrogen-bond donors (Lipinski definition) is 2. The zero-order valence-corrected chi connectivity index (χ0v) is 22.5. The molecule has 1 aromatic heterocycles. The molecule has 2 amide bonds. The Kier molecular flexibility index (Phi) is 8.32. The van der Waals surface area contributed by atoms with Gasteiger partial charge in [-0.15, -0.1) is 11.3 Å². The quantitative estimate of drug-likeness (QED) is 0.390. The van der Waals surface area contributed by atoms with Crippen molar-refractivity contribution in [1.29, 1.82) is 0 Å². The van der Waals surface area contributed by atoms with Crippen LogP contribution < -0.4 is 10.0 Å². The second kappa shape index (κ2) is 11.7. The lowest BCUT2D eigenvalue weighted by molar-refractivity contribution is 0.0526. The molecule has 0 bridgehead atoms. The maximum atomic E-state index is 13.4. The Morgan fingerprint density at radius 3 is 2.37 bits per heavy atom. The lowest BCUT2D eigenvalue weighted by Gasteiger charge is -2.26. The number of nitrogens with zero attached hydrogens (tertiary/aromatic N) is 1. The van der Waals surface area contributed by atoms with Crippen molar-refractivity contribution in [3.05, 3.63) is 76.2 Å². The van der Waals surface area contributed by atoms with E-state index in [-0.39, 0.29) is 46.5 Å². The first-order valence-electron chi connectivity index (χ1n) is 12.0. The molecule has 10 nitrogen and oxygen atoms in total. The molecule has 0 atom stereocenters. The maximum Gasteiger partial charge on any atom is 0.410 e. The van der Waals surface area contributed by atoms with Crippen molar-refractivity contribution in [2.24, 2.45) is 0 Å². The largest absolute Gasteiger partial charge is 0.462 e. The maximum absolute atomic E-state index is 13.4. The van der Waals surface area contributed by atoms with Crippen LogP contribution >= 0.6 is 11.3 Å². The molecule has 0 radical (unpaired) electrons. The van der Waals surface area contributed by atoms with Gasteiger partial charge in [0.1, 0.15) is 5.00 Å². The van der Waals surface area contributed by atoms with Gasteiger partial charge in [0, 0.05) is 11.4 Å². The molecule has 0 spiro atoms. The van der Waals surface area contributed by atoms with Crippen molar-refractivity contribution < 1.29 is 32.3 Å². The number of nitrogens with one attached hydrogen (secondary N) is 2. The summed E-state index contributed by atoms with van der Waals surface area (Å²) in [4.78, 5) is 40.8. The summed E-state index contributed by atoms with van der Waals surface area (Å²) in [6, 6.07) is 14.0. The highest BCUT2D eigenvalue weighted by atomic mass is 32.2. The standard InChI is InChI=1S/C26H27N3O7S2/c1-3-35-25(31)22-19-14-15-29(26(32)36-4-2)16-21(19)37-24(22)27-23(30)18-12-8-9-13-20(18)28-38(33,34)17-10-6-5-7-11-17/h5-13,28H,3-4,14-16H2,1-2H3,(H,27,30). The lowest BCUT2D eigenvalue weighted by Crippen LogP contribution is -2.36. The lowest BCUT2D eigenvalue weighted by atomic mass is 10.0. The van der Waals surface area contributed by atoms with Gasteiger partial charge in [0.15, 0.2) is 0 Å². The summed E-state index contributed by atoms with van der Waals surface area (Å²) in [6.07, 6.45) is -0.0586. The summed E-state index contributed by atoms with van der Waals surface area (Å²) < 4.78 is 38.6. The molecule has 2 heterocycles. The Hall–Kier alpha value is -3.90. The number of benzene rings is 2. The summed E-state index contributed by atoms with van der Waals surface area (Å²) in [7, 11) is -3.94. The number of fused-ring (bicyclic) bond motifs is 1. The SMILES string of the molecule is CCOC(=O)c1c(NC(=O)c2ccccc2NS(=O)(=O)c2ccccc2)sc2c1CCN(C(=O)OCC)C2. The molecule has 1 aliphatic heterocycles. The van der Waals surface area contributed by atoms with E-state index < -0.39 is 28.0 Å². The van der Waals surface area contributed by atoms with Crippen molar-refractivity contribution in [2.45, 2.75) is 31.7 Å². The third-order valence-electron chi connectivity index (χ3n) is 5.76. The van der Waals surface area contributed by atoms with E-state index in [1.807, 2.05) is 0 Å². The molecule has 0 saturated heterocycles. The number of carbonyl (C=O) groups is 3. The van der Waals surface area contributed by atoms with Gasteiger partial charge in [-0.2, -0.15) is 0 Å². The second-order valence-corrected chi connectivity index (χ2v) is 11.0. The Morgan fingerprint density at radius 2 is 1.66 bits per heavy atom. The van der Waals surface area contributed by atoms with E-state index in [4.69, 9.17) is 9.47 Å². The monoisotopic (exact) mass is 557 g/mol. The van der Waals surface area contributed by atoms with Crippen molar-refractivity contribution in [1.82, 2.24) is 4.90 Å². The van der Waals surface area contributed by atoms with E-state index in [0.717, 1.165) is 4.88 Å². The molecule has 200 valence electrons. The van der Waals surface area contributed by atoms with Crippen LogP contribution in [0.2, 0.25) is 0 Å². The van der Waals surface area contributed by atoms with Crippen LogP contribution in [0.4, 0.5) is 15.5 Å². The third kappa shape index (κ3) is 5.81. The Labute approximate surface area is 224 Å². The topological polar surface area (TPSA) is 131 Å². The highest BCUT2D eigenvalue weighted by molar-refractivity contribution is 7.92. The average molecular weight is 558 g/mol. The van der Waals surface area contributed by atoms with E-state index in [1.54, 1.807) is 44.2 Å². The van der Waals surface area contributed by atoms with E-state index in [9.17, 15) is 22.8 Å². The Bertz CT molecular complexity index is 1450. The van der Waals surface area contributed by atoms with E-state index in [0.29, 0.717) is 18.5 Å². The van der Waals surface area contributed by atoms with Crippen LogP contribution in [-0.4, -0.2) is 51.0 Å². The van der Waals surface area contributed by atoms with Crippen LogP contribution in [0.1, 0.15) is 45.0 Å². The van der Waals surface area contributed by atoms with Gasteiger partial charge in [0.2, 0.25) is 0 Å². The number of hydrogen-bond acceptors (Lipinski definition) is 8. The van der Waals surface area contributed by atoms with Gasteiger partial charge in [-0.3, -0.25) is 9.52 Å². The van der Waals surface area contributed by atoms with Gasteiger partial charge in [-0.1, -0.05) is 30.3 Å². The highest BCUT2D eigenvalue weighted by Crippen LogP contribution is 2.38. The number of rotatable bonds is 8. The summed E-state index contributed by atoms with van der Waals surface area (Å²) in [5.41, 5.74) is 1.11. The number of esters is 1.